The highest BCUT2D eigenvalue weighted by atomic mass is 35.5. The molecule has 0 saturated heterocycles. The Hall–Kier alpha value is -2.92. The molecule has 132 valence electrons. The standard InChI is InChI=1S/C20H19ClN4O/c1-25(17-8-3-2-4-9-17)20(26)18-10-11-19(24-23-18)22-13-12-15-6-5-7-16(21)14-15/h2-11,14H,12-13H2,1H3,(H,22,24). The highest BCUT2D eigenvalue weighted by Gasteiger charge is 2.15. The van der Waals surface area contributed by atoms with Crippen LogP contribution in [0.25, 0.3) is 0 Å². The van der Waals surface area contributed by atoms with E-state index in [-0.39, 0.29) is 5.91 Å². The molecule has 26 heavy (non-hydrogen) atoms. The van der Waals surface area contributed by atoms with Crippen molar-refractivity contribution in [3.8, 4) is 0 Å². The number of halogens is 1. The zero-order valence-corrected chi connectivity index (χ0v) is 15.1. The second kappa shape index (κ2) is 8.45. The van der Waals surface area contributed by atoms with Crippen molar-refractivity contribution in [1.82, 2.24) is 10.2 Å². The molecule has 0 atom stereocenters. The third-order valence-corrected chi connectivity index (χ3v) is 4.18. The predicted molar refractivity (Wildman–Crippen MR) is 105 cm³/mol. The minimum atomic E-state index is -0.200. The Morgan fingerprint density at radius 3 is 2.54 bits per heavy atom. The summed E-state index contributed by atoms with van der Waals surface area (Å²) in [6.45, 7) is 0.701. The van der Waals surface area contributed by atoms with E-state index in [1.54, 1.807) is 24.1 Å². The van der Waals surface area contributed by atoms with Gasteiger partial charge in [0, 0.05) is 24.3 Å². The van der Waals surface area contributed by atoms with Crippen LogP contribution in [0.2, 0.25) is 5.02 Å². The van der Waals surface area contributed by atoms with Crippen LogP contribution in [0.3, 0.4) is 0 Å². The van der Waals surface area contributed by atoms with Crippen LogP contribution in [0.15, 0.2) is 66.7 Å². The number of benzene rings is 2. The van der Waals surface area contributed by atoms with E-state index in [0.29, 0.717) is 18.1 Å². The normalized spacial score (nSPS) is 10.4. The monoisotopic (exact) mass is 366 g/mol. The van der Waals surface area contributed by atoms with Crippen LogP contribution in [0.5, 0.6) is 0 Å². The summed E-state index contributed by atoms with van der Waals surface area (Å²) in [5, 5.41) is 12.1. The van der Waals surface area contributed by atoms with Crippen molar-refractivity contribution in [1.29, 1.82) is 0 Å². The summed E-state index contributed by atoms with van der Waals surface area (Å²) in [5.41, 5.74) is 2.26. The lowest BCUT2D eigenvalue weighted by atomic mass is 10.1. The Balaban J connectivity index is 1.57. The number of nitrogens with zero attached hydrogens (tertiary/aromatic N) is 3. The third-order valence-electron chi connectivity index (χ3n) is 3.94. The molecule has 1 N–H and O–H groups in total. The fourth-order valence-corrected chi connectivity index (χ4v) is 2.72. The van der Waals surface area contributed by atoms with Crippen molar-refractivity contribution in [2.24, 2.45) is 0 Å². The average Bonchev–Trinajstić information content (AvgIpc) is 2.68. The first-order valence-electron chi connectivity index (χ1n) is 8.28. The molecule has 0 fully saturated rings. The Bertz CT molecular complexity index is 868. The van der Waals surface area contributed by atoms with Gasteiger partial charge in [0.1, 0.15) is 5.82 Å². The summed E-state index contributed by atoms with van der Waals surface area (Å²) in [6.07, 6.45) is 0.819. The van der Waals surface area contributed by atoms with E-state index in [2.05, 4.69) is 15.5 Å². The van der Waals surface area contributed by atoms with Gasteiger partial charge >= 0.3 is 0 Å². The van der Waals surface area contributed by atoms with Gasteiger partial charge in [-0.05, 0) is 48.4 Å². The number of aromatic nitrogens is 2. The molecule has 0 unspecified atom stereocenters. The van der Waals surface area contributed by atoms with Gasteiger partial charge in [-0.2, -0.15) is 0 Å². The molecular formula is C20H19ClN4O. The number of nitrogens with one attached hydrogen (secondary N) is 1. The van der Waals surface area contributed by atoms with Crippen LogP contribution in [0.4, 0.5) is 11.5 Å². The van der Waals surface area contributed by atoms with Gasteiger partial charge in [-0.25, -0.2) is 0 Å². The summed E-state index contributed by atoms with van der Waals surface area (Å²) in [7, 11) is 1.72. The predicted octanol–water partition coefficient (Wildman–Crippen LogP) is 4.06. The molecule has 0 spiro atoms. The van der Waals surface area contributed by atoms with Gasteiger partial charge < -0.3 is 10.2 Å². The molecule has 2 aromatic carbocycles. The Kier molecular flexibility index (Phi) is 5.81. The minimum Gasteiger partial charge on any atom is -0.368 e. The zero-order valence-electron chi connectivity index (χ0n) is 14.4. The van der Waals surface area contributed by atoms with Gasteiger partial charge in [0.05, 0.1) is 0 Å². The maximum atomic E-state index is 12.5. The molecule has 1 heterocycles. The van der Waals surface area contributed by atoms with Crippen LogP contribution in [-0.2, 0) is 6.42 Å². The lowest BCUT2D eigenvalue weighted by Gasteiger charge is -2.16. The van der Waals surface area contributed by atoms with Crippen molar-refractivity contribution in [2.75, 3.05) is 23.8 Å². The maximum Gasteiger partial charge on any atom is 0.278 e. The number of amides is 1. The van der Waals surface area contributed by atoms with Gasteiger partial charge in [-0.15, -0.1) is 10.2 Å². The van der Waals surface area contributed by atoms with Crippen molar-refractivity contribution < 1.29 is 4.79 Å². The van der Waals surface area contributed by atoms with Crippen LogP contribution < -0.4 is 10.2 Å². The van der Waals surface area contributed by atoms with E-state index >= 15 is 0 Å². The summed E-state index contributed by atoms with van der Waals surface area (Å²) in [4.78, 5) is 14.0. The van der Waals surface area contributed by atoms with E-state index in [1.807, 2.05) is 54.6 Å². The van der Waals surface area contributed by atoms with Gasteiger partial charge in [0.2, 0.25) is 0 Å². The van der Waals surface area contributed by atoms with Gasteiger partial charge in [-0.1, -0.05) is 41.9 Å². The first-order valence-corrected chi connectivity index (χ1v) is 8.66. The second-order valence-electron chi connectivity index (χ2n) is 5.81. The first-order chi connectivity index (χ1) is 12.6. The fourth-order valence-electron chi connectivity index (χ4n) is 2.51. The van der Waals surface area contributed by atoms with Crippen molar-refractivity contribution in [3.05, 3.63) is 83.0 Å². The minimum absolute atomic E-state index is 0.200. The van der Waals surface area contributed by atoms with Crippen molar-refractivity contribution >= 4 is 29.0 Å². The topological polar surface area (TPSA) is 58.1 Å². The molecule has 3 aromatic rings. The van der Waals surface area contributed by atoms with Crippen molar-refractivity contribution in [2.45, 2.75) is 6.42 Å². The molecule has 6 heteroatoms. The molecule has 0 aliphatic carbocycles. The van der Waals surface area contributed by atoms with Gasteiger partial charge in [-0.3, -0.25) is 4.79 Å². The molecular weight excluding hydrogens is 348 g/mol. The molecule has 3 rings (SSSR count). The van der Waals surface area contributed by atoms with Gasteiger partial charge in [0.25, 0.3) is 5.91 Å². The smallest absolute Gasteiger partial charge is 0.278 e. The van der Waals surface area contributed by atoms with E-state index in [4.69, 9.17) is 11.6 Å². The van der Waals surface area contributed by atoms with E-state index in [1.165, 1.54) is 0 Å². The molecule has 0 radical (unpaired) electrons. The van der Waals surface area contributed by atoms with Crippen molar-refractivity contribution in [3.63, 3.8) is 0 Å². The molecule has 0 aliphatic heterocycles. The Morgan fingerprint density at radius 1 is 1.04 bits per heavy atom. The van der Waals surface area contributed by atoms with Crippen LogP contribution in [0.1, 0.15) is 16.1 Å². The molecule has 1 aromatic heterocycles. The number of anilines is 2. The van der Waals surface area contributed by atoms with Crippen LogP contribution >= 0.6 is 11.6 Å². The molecule has 0 bridgehead atoms. The molecule has 1 amide bonds. The summed E-state index contributed by atoms with van der Waals surface area (Å²) >= 11 is 5.98. The van der Waals surface area contributed by atoms with Gasteiger partial charge in [0.15, 0.2) is 5.69 Å². The quantitative estimate of drug-likeness (QED) is 0.714. The highest BCUT2D eigenvalue weighted by Crippen LogP contribution is 2.14. The number of hydrogen-bond donors (Lipinski definition) is 1. The Morgan fingerprint density at radius 2 is 1.85 bits per heavy atom. The molecule has 0 saturated carbocycles. The van der Waals surface area contributed by atoms with E-state index in [0.717, 1.165) is 22.7 Å². The summed E-state index contributed by atoms with van der Waals surface area (Å²) < 4.78 is 0. The summed E-state index contributed by atoms with van der Waals surface area (Å²) in [6, 6.07) is 20.6. The SMILES string of the molecule is CN(C(=O)c1ccc(NCCc2cccc(Cl)c2)nn1)c1ccccc1. The fraction of sp³-hybridized carbons (Fsp3) is 0.150. The lowest BCUT2D eigenvalue weighted by Crippen LogP contribution is -2.27. The number of para-hydroxylation sites is 1. The van der Waals surface area contributed by atoms with Crippen LogP contribution in [-0.4, -0.2) is 29.7 Å². The summed E-state index contributed by atoms with van der Waals surface area (Å²) in [5.74, 6) is 0.431. The number of carbonyl (C=O) groups excluding carboxylic acids is 1. The first kappa shape index (κ1) is 17.9. The molecule has 0 aliphatic rings. The lowest BCUT2D eigenvalue weighted by molar-refractivity contribution is 0.0987. The maximum absolute atomic E-state index is 12.5. The van der Waals surface area contributed by atoms with E-state index < -0.39 is 0 Å². The third kappa shape index (κ3) is 4.58. The largest absolute Gasteiger partial charge is 0.368 e. The molecule has 5 nitrogen and oxygen atoms in total. The number of carbonyl (C=O) groups is 1. The van der Waals surface area contributed by atoms with Crippen LogP contribution in [0, 0.1) is 0 Å². The second-order valence-corrected chi connectivity index (χ2v) is 6.25. The highest BCUT2D eigenvalue weighted by molar-refractivity contribution is 6.30. The van der Waals surface area contributed by atoms with E-state index in [9.17, 15) is 4.79 Å². The average molecular weight is 367 g/mol. The number of rotatable bonds is 6. The number of hydrogen-bond acceptors (Lipinski definition) is 4. The Labute approximate surface area is 157 Å². The zero-order chi connectivity index (χ0) is 18.4.